The Morgan fingerprint density at radius 1 is 1.05 bits per heavy atom. The number of aliphatic hydroxyl groups is 1. The second-order valence-electron chi connectivity index (χ2n) is 11.8. The van der Waals surface area contributed by atoms with Gasteiger partial charge in [0, 0.05) is 24.9 Å². The van der Waals surface area contributed by atoms with E-state index in [9.17, 15) is 23.1 Å². The fourth-order valence-corrected chi connectivity index (χ4v) is 7.02. The van der Waals surface area contributed by atoms with E-state index in [1.165, 1.54) is 0 Å². The van der Waals surface area contributed by atoms with Crippen LogP contribution in [0, 0.1) is 5.41 Å². The Morgan fingerprint density at radius 2 is 1.77 bits per heavy atom. The number of nitrogens with one attached hydrogen (secondary N) is 1. The number of anilines is 1. The average Bonchev–Trinajstić information content (AvgIpc) is 3.41. The van der Waals surface area contributed by atoms with Gasteiger partial charge in [-0.25, -0.2) is 8.42 Å². The third-order valence-corrected chi connectivity index (χ3v) is 8.94. The highest BCUT2D eigenvalue weighted by molar-refractivity contribution is 7.90. The summed E-state index contributed by atoms with van der Waals surface area (Å²) < 4.78 is 24.9. The first-order chi connectivity index (χ1) is 18.3. The average molecular weight is 547 g/mol. The molecule has 0 radical (unpaired) electrons. The Morgan fingerprint density at radius 3 is 2.46 bits per heavy atom. The van der Waals surface area contributed by atoms with Crippen LogP contribution >= 0.6 is 0 Å². The van der Waals surface area contributed by atoms with Crippen LogP contribution in [0.5, 0.6) is 0 Å². The van der Waals surface area contributed by atoms with Crippen molar-refractivity contribution in [2.45, 2.75) is 56.6 Å². The number of benzene rings is 3. The highest BCUT2D eigenvalue weighted by Gasteiger charge is 2.59. The van der Waals surface area contributed by atoms with Crippen LogP contribution in [0.4, 0.5) is 5.69 Å². The van der Waals surface area contributed by atoms with Gasteiger partial charge in [0.1, 0.15) is 5.41 Å². The van der Waals surface area contributed by atoms with Gasteiger partial charge in [-0.1, -0.05) is 69.3 Å². The molecule has 3 aromatic carbocycles. The molecule has 8 heteroatoms. The minimum atomic E-state index is -3.56. The molecule has 2 heterocycles. The van der Waals surface area contributed by atoms with Crippen molar-refractivity contribution in [3.63, 3.8) is 0 Å². The second-order valence-corrected chi connectivity index (χ2v) is 13.8. The summed E-state index contributed by atoms with van der Waals surface area (Å²) >= 11 is 0. The number of aliphatic hydroxyl groups excluding tert-OH is 1. The Hall–Kier alpha value is -3.49. The van der Waals surface area contributed by atoms with Crippen molar-refractivity contribution in [2.24, 2.45) is 5.41 Å². The molecule has 2 amide bonds. The number of carbonyl (C=O) groups is 2. The van der Waals surface area contributed by atoms with Gasteiger partial charge in [-0.3, -0.25) is 9.59 Å². The minimum absolute atomic E-state index is 0.00128. The molecule has 7 nitrogen and oxygen atoms in total. The summed E-state index contributed by atoms with van der Waals surface area (Å²) in [6.07, 6.45) is 1.98. The zero-order chi connectivity index (χ0) is 28.2. The molecule has 2 atom stereocenters. The van der Waals surface area contributed by atoms with E-state index in [1.807, 2.05) is 74.2 Å². The predicted octanol–water partition coefficient (Wildman–Crippen LogP) is 4.85. The van der Waals surface area contributed by atoms with Crippen LogP contribution < -0.4 is 5.32 Å². The Kier molecular flexibility index (Phi) is 6.67. The highest BCUT2D eigenvalue weighted by Crippen LogP contribution is 2.55. The van der Waals surface area contributed by atoms with Gasteiger partial charge in [0.15, 0.2) is 9.84 Å². The molecule has 0 aliphatic carbocycles. The number of para-hydroxylation sites is 1. The smallest absolute Gasteiger partial charge is 0.237 e. The number of carbonyl (C=O) groups excluding carboxylic acids is 2. The molecule has 0 aromatic heterocycles. The van der Waals surface area contributed by atoms with Crippen molar-refractivity contribution in [3.8, 4) is 11.1 Å². The molecular formula is C31H34N2O5S. The lowest BCUT2D eigenvalue weighted by atomic mass is 9.72. The van der Waals surface area contributed by atoms with E-state index in [2.05, 4.69) is 5.32 Å². The second kappa shape index (κ2) is 9.61. The molecule has 39 heavy (non-hydrogen) atoms. The molecule has 204 valence electrons. The molecule has 1 saturated heterocycles. The fourth-order valence-electron chi connectivity index (χ4n) is 6.07. The number of sulfone groups is 1. The molecule has 2 aliphatic rings. The molecule has 1 fully saturated rings. The third kappa shape index (κ3) is 4.76. The first kappa shape index (κ1) is 27.1. The molecule has 0 bridgehead atoms. The maximum atomic E-state index is 13.7. The van der Waals surface area contributed by atoms with E-state index in [4.69, 9.17) is 0 Å². The van der Waals surface area contributed by atoms with Crippen molar-refractivity contribution in [1.82, 2.24) is 4.90 Å². The zero-order valence-corrected chi connectivity index (χ0v) is 23.5. The number of amides is 2. The lowest BCUT2D eigenvalue weighted by Gasteiger charge is -2.35. The predicted molar refractivity (Wildman–Crippen MR) is 151 cm³/mol. The van der Waals surface area contributed by atoms with Crippen molar-refractivity contribution >= 4 is 27.3 Å². The third-order valence-electron chi connectivity index (χ3n) is 7.76. The molecular weight excluding hydrogens is 512 g/mol. The standard InChI is InChI=1S/C31H34N2O5S/c1-30(2,3)18-27(35)33-15-14-31(24-10-5-6-11-25(24)32-29(31)36)28(33)22-9-7-8-20(16-22)21-12-13-23(19-34)26(17-21)39(4,37)38/h5-13,16-17,28,34H,14-15,18-19H2,1-4H3,(H,32,36)/t28-,31-/m0/s1. The molecule has 3 aromatic rings. The number of nitrogens with zero attached hydrogens (tertiary/aromatic N) is 1. The summed E-state index contributed by atoms with van der Waals surface area (Å²) in [5.41, 5.74) is 3.10. The van der Waals surface area contributed by atoms with E-state index in [0.29, 0.717) is 30.5 Å². The van der Waals surface area contributed by atoms with E-state index in [-0.39, 0.29) is 28.7 Å². The summed E-state index contributed by atoms with van der Waals surface area (Å²) in [4.78, 5) is 29.4. The van der Waals surface area contributed by atoms with Crippen LogP contribution in [0.3, 0.4) is 0 Å². The number of hydrogen-bond donors (Lipinski definition) is 2. The first-order valence-corrected chi connectivity index (χ1v) is 15.0. The Balaban J connectivity index is 1.66. The maximum absolute atomic E-state index is 13.7. The van der Waals surface area contributed by atoms with Crippen LogP contribution in [0.15, 0.2) is 71.6 Å². The van der Waals surface area contributed by atoms with Crippen LogP contribution in [0.25, 0.3) is 11.1 Å². The maximum Gasteiger partial charge on any atom is 0.237 e. The minimum Gasteiger partial charge on any atom is -0.392 e. The monoisotopic (exact) mass is 546 g/mol. The number of rotatable bonds is 5. The van der Waals surface area contributed by atoms with Crippen molar-refractivity contribution < 1.29 is 23.1 Å². The van der Waals surface area contributed by atoms with Gasteiger partial charge in [-0.15, -0.1) is 0 Å². The quantitative estimate of drug-likeness (QED) is 0.476. The largest absolute Gasteiger partial charge is 0.392 e. The van der Waals surface area contributed by atoms with Gasteiger partial charge >= 0.3 is 0 Å². The summed E-state index contributed by atoms with van der Waals surface area (Å²) in [6, 6.07) is 19.8. The summed E-state index contributed by atoms with van der Waals surface area (Å²) in [7, 11) is -3.56. The van der Waals surface area contributed by atoms with Gasteiger partial charge in [-0.05, 0) is 57.9 Å². The summed E-state index contributed by atoms with van der Waals surface area (Å²) in [5, 5.41) is 12.7. The Bertz CT molecular complexity index is 1570. The fraction of sp³-hybridized carbons (Fsp3) is 0.355. The Labute approximate surface area is 229 Å². The van der Waals surface area contributed by atoms with Crippen molar-refractivity contribution in [3.05, 3.63) is 83.4 Å². The normalized spacial score (nSPS) is 20.8. The SMILES string of the molecule is CC(C)(C)CC(=O)N1CC[C@@]2(C(=O)Nc3ccccc32)[C@@H]1c1cccc(-c2ccc(CO)c(S(C)(=O)=O)c2)c1. The van der Waals surface area contributed by atoms with Gasteiger partial charge < -0.3 is 15.3 Å². The first-order valence-electron chi connectivity index (χ1n) is 13.1. The van der Waals surface area contributed by atoms with Crippen LogP contribution in [0.2, 0.25) is 0 Å². The number of likely N-dealkylation sites (tertiary alicyclic amines) is 1. The topological polar surface area (TPSA) is 104 Å². The molecule has 5 rings (SSSR count). The number of hydrogen-bond acceptors (Lipinski definition) is 5. The van der Waals surface area contributed by atoms with E-state index < -0.39 is 21.3 Å². The van der Waals surface area contributed by atoms with Gasteiger partial charge in [0.05, 0.1) is 17.5 Å². The lowest BCUT2D eigenvalue weighted by molar-refractivity contribution is -0.135. The van der Waals surface area contributed by atoms with Gasteiger partial charge in [-0.2, -0.15) is 0 Å². The molecule has 2 aliphatic heterocycles. The van der Waals surface area contributed by atoms with Gasteiger partial charge in [0.25, 0.3) is 0 Å². The molecule has 1 spiro atoms. The van der Waals surface area contributed by atoms with Crippen LogP contribution in [-0.2, 0) is 31.4 Å². The number of fused-ring (bicyclic) bond motifs is 2. The van der Waals surface area contributed by atoms with E-state index in [0.717, 1.165) is 28.6 Å². The summed E-state index contributed by atoms with van der Waals surface area (Å²) in [6.45, 7) is 6.15. The van der Waals surface area contributed by atoms with Crippen molar-refractivity contribution in [2.75, 3.05) is 18.1 Å². The molecule has 2 N–H and O–H groups in total. The zero-order valence-electron chi connectivity index (χ0n) is 22.7. The molecule has 0 saturated carbocycles. The molecule has 0 unspecified atom stereocenters. The summed E-state index contributed by atoms with van der Waals surface area (Å²) in [5.74, 6) is -0.115. The van der Waals surface area contributed by atoms with Crippen molar-refractivity contribution in [1.29, 1.82) is 0 Å². The van der Waals surface area contributed by atoms with Crippen LogP contribution in [0.1, 0.15) is 56.3 Å². The van der Waals surface area contributed by atoms with E-state index >= 15 is 0 Å². The van der Waals surface area contributed by atoms with E-state index in [1.54, 1.807) is 18.2 Å². The highest BCUT2D eigenvalue weighted by atomic mass is 32.2. The van der Waals surface area contributed by atoms with Gasteiger partial charge in [0.2, 0.25) is 11.8 Å². The lowest BCUT2D eigenvalue weighted by Crippen LogP contribution is -2.43. The van der Waals surface area contributed by atoms with Crippen LogP contribution in [-0.4, -0.2) is 43.0 Å².